The highest BCUT2D eigenvalue weighted by molar-refractivity contribution is 5.67. The molecule has 13 heavy (non-hydrogen) atoms. The summed E-state index contributed by atoms with van der Waals surface area (Å²) in [4.78, 5) is 10.4. The van der Waals surface area contributed by atoms with Crippen molar-refractivity contribution in [2.75, 3.05) is 0 Å². The predicted octanol–water partition coefficient (Wildman–Crippen LogP) is 0.991. The van der Waals surface area contributed by atoms with E-state index < -0.39 is 11.9 Å². The molecule has 4 N–H and O–H groups in total. The molecular formula is C10H15NO2. The second kappa shape index (κ2) is 5.32. The molecule has 0 fully saturated rings. The third-order valence-electron chi connectivity index (χ3n) is 1.79. The van der Waals surface area contributed by atoms with Crippen molar-refractivity contribution in [3.05, 3.63) is 35.9 Å². The van der Waals surface area contributed by atoms with Crippen LogP contribution in [0, 0.1) is 5.92 Å². The van der Waals surface area contributed by atoms with Gasteiger partial charge < -0.3 is 16.1 Å². The van der Waals surface area contributed by atoms with E-state index in [9.17, 15) is 9.90 Å². The maximum atomic E-state index is 10.4. The first-order chi connectivity index (χ1) is 5.70. The summed E-state index contributed by atoms with van der Waals surface area (Å²) in [5.41, 5.74) is 1.04. The Labute approximate surface area is 78.0 Å². The first kappa shape index (κ1) is 11.6. The van der Waals surface area contributed by atoms with Crippen LogP contribution < -0.4 is 11.3 Å². The first-order valence-electron chi connectivity index (χ1n) is 3.95. The van der Waals surface area contributed by atoms with Gasteiger partial charge >= 0.3 is 0 Å². The van der Waals surface area contributed by atoms with Crippen molar-refractivity contribution in [3.63, 3.8) is 0 Å². The second-order valence-corrected chi connectivity index (χ2v) is 2.91. The van der Waals surface area contributed by atoms with Gasteiger partial charge in [0, 0.05) is 5.97 Å². The van der Waals surface area contributed by atoms with Gasteiger partial charge in [-0.2, -0.15) is 0 Å². The maximum Gasteiger partial charge on any atom is 0.0445 e. The SMILES string of the molecule is CC(Cc1ccccc1)C(=O)[O-].[NH4+]. The lowest BCUT2D eigenvalue weighted by molar-refractivity contribution is -0.310. The summed E-state index contributed by atoms with van der Waals surface area (Å²) in [5, 5.41) is 10.4. The standard InChI is InChI=1S/C10H12O2.H3N/c1-8(10(11)12)7-9-5-3-2-4-6-9;/h2-6,8H,7H2,1H3,(H,11,12);1H3. The van der Waals surface area contributed by atoms with Crippen molar-refractivity contribution in [1.82, 2.24) is 6.15 Å². The van der Waals surface area contributed by atoms with Crippen LogP contribution in [-0.2, 0) is 11.2 Å². The van der Waals surface area contributed by atoms with Crippen LogP contribution in [0.15, 0.2) is 30.3 Å². The van der Waals surface area contributed by atoms with E-state index in [0.29, 0.717) is 6.42 Å². The molecule has 0 saturated carbocycles. The van der Waals surface area contributed by atoms with Crippen LogP contribution in [0.3, 0.4) is 0 Å². The minimum atomic E-state index is -0.987. The third kappa shape index (κ3) is 3.71. The van der Waals surface area contributed by atoms with Crippen LogP contribution in [0.2, 0.25) is 0 Å². The number of benzene rings is 1. The normalized spacial score (nSPS) is 11.5. The van der Waals surface area contributed by atoms with Crippen molar-refractivity contribution in [2.24, 2.45) is 5.92 Å². The van der Waals surface area contributed by atoms with Crippen LogP contribution in [0.5, 0.6) is 0 Å². The Bertz CT molecular complexity index is 259. The Morgan fingerprint density at radius 1 is 1.38 bits per heavy atom. The molecule has 0 aliphatic rings. The summed E-state index contributed by atoms with van der Waals surface area (Å²) in [7, 11) is 0. The summed E-state index contributed by atoms with van der Waals surface area (Å²) in [6, 6.07) is 9.54. The van der Waals surface area contributed by atoms with Crippen LogP contribution in [0.4, 0.5) is 0 Å². The van der Waals surface area contributed by atoms with E-state index in [1.807, 2.05) is 30.3 Å². The number of carboxylic acid groups (broad SMARTS) is 1. The van der Waals surface area contributed by atoms with Crippen molar-refractivity contribution < 1.29 is 9.90 Å². The molecular weight excluding hydrogens is 166 g/mol. The lowest BCUT2D eigenvalue weighted by Gasteiger charge is -2.11. The number of carboxylic acids is 1. The van der Waals surface area contributed by atoms with Crippen molar-refractivity contribution >= 4 is 5.97 Å². The Morgan fingerprint density at radius 2 is 1.92 bits per heavy atom. The molecule has 0 heterocycles. The fourth-order valence-corrected chi connectivity index (χ4v) is 1.05. The van der Waals surface area contributed by atoms with Gasteiger partial charge in [-0.1, -0.05) is 37.3 Å². The van der Waals surface area contributed by atoms with Gasteiger partial charge in [-0.25, -0.2) is 0 Å². The number of hydrogen-bond donors (Lipinski definition) is 1. The fourth-order valence-electron chi connectivity index (χ4n) is 1.05. The van der Waals surface area contributed by atoms with Gasteiger partial charge in [0.15, 0.2) is 0 Å². The zero-order valence-corrected chi connectivity index (χ0v) is 7.99. The molecule has 72 valence electrons. The third-order valence-corrected chi connectivity index (χ3v) is 1.79. The van der Waals surface area contributed by atoms with Crippen molar-refractivity contribution in [2.45, 2.75) is 13.3 Å². The highest BCUT2D eigenvalue weighted by atomic mass is 16.4. The Morgan fingerprint density at radius 3 is 2.38 bits per heavy atom. The van der Waals surface area contributed by atoms with E-state index in [4.69, 9.17) is 0 Å². The smallest absolute Gasteiger partial charge is 0.0445 e. The van der Waals surface area contributed by atoms with Crippen LogP contribution in [0.25, 0.3) is 0 Å². The first-order valence-corrected chi connectivity index (χ1v) is 3.95. The van der Waals surface area contributed by atoms with Crippen LogP contribution in [-0.4, -0.2) is 5.97 Å². The van der Waals surface area contributed by atoms with E-state index >= 15 is 0 Å². The van der Waals surface area contributed by atoms with Crippen molar-refractivity contribution in [3.8, 4) is 0 Å². The highest BCUT2D eigenvalue weighted by Gasteiger charge is 2.02. The minimum absolute atomic E-state index is 0. The molecule has 0 aromatic heterocycles. The average Bonchev–Trinajstić information content (AvgIpc) is 2.06. The lowest BCUT2D eigenvalue weighted by Crippen LogP contribution is -2.30. The predicted molar refractivity (Wildman–Crippen MR) is 50.3 cm³/mol. The largest absolute Gasteiger partial charge is 0.550 e. The van der Waals surface area contributed by atoms with Gasteiger partial charge in [-0.15, -0.1) is 0 Å². The van der Waals surface area contributed by atoms with Gasteiger partial charge in [-0.3, -0.25) is 0 Å². The molecule has 0 saturated heterocycles. The van der Waals surface area contributed by atoms with Crippen LogP contribution in [0.1, 0.15) is 12.5 Å². The lowest BCUT2D eigenvalue weighted by atomic mass is 10.0. The van der Waals surface area contributed by atoms with Crippen molar-refractivity contribution in [1.29, 1.82) is 0 Å². The zero-order chi connectivity index (χ0) is 8.97. The molecule has 0 spiro atoms. The average molecular weight is 181 g/mol. The summed E-state index contributed by atoms with van der Waals surface area (Å²) >= 11 is 0. The van der Waals surface area contributed by atoms with Gasteiger partial charge in [0.25, 0.3) is 0 Å². The van der Waals surface area contributed by atoms with E-state index in [1.54, 1.807) is 6.92 Å². The highest BCUT2D eigenvalue weighted by Crippen LogP contribution is 2.06. The number of rotatable bonds is 3. The number of carbonyl (C=O) groups excluding carboxylic acids is 1. The number of aliphatic carboxylic acids is 1. The molecule has 1 rings (SSSR count). The summed E-state index contributed by atoms with van der Waals surface area (Å²) in [6.07, 6.45) is 0.545. The topological polar surface area (TPSA) is 76.6 Å². The fraction of sp³-hybridized carbons (Fsp3) is 0.300. The Balaban J connectivity index is 0.00000144. The maximum absolute atomic E-state index is 10.4. The Kier molecular flexibility index (Phi) is 4.77. The van der Waals surface area contributed by atoms with E-state index in [1.165, 1.54) is 0 Å². The van der Waals surface area contributed by atoms with E-state index in [-0.39, 0.29) is 6.15 Å². The molecule has 0 bridgehead atoms. The second-order valence-electron chi connectivity index (χ2n) is 2.91. The number of carbonyl (C=O) groups is 1. The molecule has 1 aromatic carbocycles. The zero-order valence-electron chi connectivity index (χ0n) is 7.99. The van der Waals surface area contributed by atoms with Gasteiger partial charge in [0.2, 0.25) is 0 Å². The summed E-state index contributed by atoms with van der Waals surface area (Å²) in [6.45, 7) is 1.66. The molecule has 3 heteroatoms. The molecule has 1 unspecified atom stereocenters. The van der Waals surface area contributed by atoms with Crippen LogP contribution >= 0.6 is 0 Å². The molecule has 1 atom stereocenters. The molecule has 0 amide bonds. The quantitative estimate of drug-likeness (QED) is 0.754. The molecule has 0 aliphatic heterocycles. The van der Waals surface area contributed by atoms with Gasteiger partial charge in [-0.05, 0) is 17.9 Å². The molecule has 1 aromatic rings. The summed E-state index contributed by atoms with van der Waals surface area (Å²) in [5.74, 6) is -1.40. The molecule has 0 radical (unpaired) electrons. The minimum Gasteiger partial charge on any atom is -0.550 e. The number of hydrogen-bond acceptors (Lipinski definition) is 2. The molecule has 0 aliphatic carbocycles. The number of quaternary nitrogens is 1. The monoisotopic (exact) mass is 181 g/mol. The molecule has 3 nitrogen and oxygen atoms in total. The Hall–Kier alpha value is -1.35. The van der Waals surface area contributed by atoms with Gasteiger partial charge in [0.05, 0.1) is 0 Å². The van der Waals surface area contributed by atoms with E-state index in [2.05, 4.69) is 0 Å². The van der Waals surface area contributed by atoms with E-state index in [0.717, 1.165) is 5.56 Å². The van der Waals surface area contributed by atoms with Gasteiger partial charge in [0.1, 0.15) is 0 Å². The summed E-state index contributed by atoms with van der Waals surface area (Å²) < 4.78 is 0.